The Morgan fingerprint density at radius 2 is 2.30 bits per heavy atom. The third kappa shape index (κ3) is 2.53. The van der Waals surface area contributed by atoms with Crippen molar-refractivity contribution in [3.8, 4) is 0 Å². The molecule has 0 aromatic carbocycles. The van der Waals surface area contributed by atoms with Crippen LogP contribution < -0.4 is 0 Å². The Morgan fingerprint density at radius 1 is 1.45 bits per heavy atom. The summed E-state index contributed by atoms with van der Waals surface area (Å²) in [7, 11) is -1.72. The first-order valence-corrected chi connectivity index (χ1v) is 9.14. The monoisotopic (exact) mass is 317 g/mol. The van der Waals surface area contributed by atoms with E-state index in [4.69, 9.17) is 9.47 Å². The summed E-state index contributed by atoms with van der Waals surface area (Å²) in [6.07, 6.45) is 2.64. The van der Waals surface area contributed by atoms with Crippen LogP contribution in [0, 0.1) is 0 Å². The van der Waals surface area contributed by atoms with Crippen molar-refractivity contribution >= 4 is 21.4 Å². The molecule has 1 aliphatic heterocycles. The molecule has 20 heavy (non-hydrogen) atoms. The van der Waals surface area contributed by atoms with Crippen LogP contribution in [0.2, 0.25) is 0 Å². The molecule has 0 unspecified atom stereocenters. The summed E-state index contributed by atoms with van der Waals surface area (Å²) in [5.41, 5.74) is 0. The van der Waals surface area contributed by atoms with Crippen molar-refractivity contribution in [1.82, 2.24) is 4.31 Å². The summed E-state index contributed by atoms with van der Waals surface area (Å²) in [6.45, 7) is 0.904. The molecule has 2 heterocycles. The average Bonchev–Trinajstić information content (AvgIpc) is 3.01. The van der Waals surface area contributed by atoms with E-state index < -0.39 is 10.0 Å². The van der Waals surface area contributed by atoms with Crippen LogP contribution in [0.4, 0.5) is 0 Å². The second-order valence-electron chi connectivity index (χ2n) is 5.20. The summed E-state index contributed by atoms with van der Waals surface area (Å²) in [5.74, 6) is 0. The molecule has 1 saturated carbocycles. The fraction of sp³-hybridized carbons (Fsp3) is 0.692. The van der Waals surface area contributed by atoms with Crippen molar-refractivity contribution in [2.75, 3.05) is 20.3 Å². The lowest BCUT2D eigenvalue weighted by Crippen LogP contribution is -2.56. The average molecular weight is 317 g/mol. The normalized spacial score (nSPS) is 31.9. The minimum Gasteiger partial charge on any atom is -0.381 e. The molecule has 2 aliphatic rings. The quantitative estimate of drug-likeness (QED) is 0.851. The Hall–Kier alpha value is -0.470. The number of sulfonamides is 1. The van der Waals surface area contributed by atoms with E-state index >= 15 is 0 Å². The molecule has 0 bridgehead atoms. The standard InChI is InChI=1S/C13H19NO4S2/c1-17-10-4-5-12-11(9-10)14(6-7-18-12)20(15,16)13-3-2-8-19-13/h2-3,8,10-12H,4-7,9H2,1H3/t10-,11-,12-/m1/s1. The van der Waals surface area contributed by atoms with Crippen LogP contribution in [0.15, 0.2) is 21.7 Å². The Kier molecular flexibility index (Phi) is 4.14. The zero-order valence-corrected chi connectivity index (χ0v) is 13.0. The fourth-order valence-corrected chi connectivity index (χ4v) is 5.84. The van der Waals surface area contributed by atoms with Gasteiger partial charge < -0.3 is 9.47 Å². The number of hydrogen-bond acceptors (Lipinski definition) is 5. The van der Waals surface area contributed by atoms with Crippen molar-refractivity contribution < 1.29 is 17.9 Å². The molecule has 1 saturated heterocycles. The second-order valence-corrected chi connectivity index (χ2v) is 8.26. The van der Waals surface area contributed by atoms with Crippen molar-refractivity contribution in [3.05, 3.63) is 17.5 Å². The largest absolute Gasteiger partial charge is 0.381 e. The first-order valence-electron chi connectivity index (χ1n) is 6.82. The SMILES string of the molecule is CO[C@@H]1CC[C@H]2OCCN(S(=O)(=O)c3cccs3)[C@@H]2C1. The van der Waals surface area contributed by atoms with Gasteiger partial charge in [0.15, 0.2) is 0 Å². The van der Waals surface area contributed by atoms with E-state index in [-0.39, 0.29) is 18.2 Å². The molecule has 112 valence electrons. The van der Waals surface area contributed by atoms with Crippen molar-refractivity contribution in [2.24, 2.45) is 0 Å². The maximum absolute atomic E-state index is 12.7. The summed E-state index contributed by atoms with van der Waals surface area (Å²) < 4.78 is 38.7. The molecule has 5 nitrogen and oxygen atoms in total. The van der Waals surface area contributed by atoms with E-state index in [2.05, 4.69) is 0 Å². The number of morpholine rings is 1. The maximum atomic E-state index is 12.7. The van der Waals surface area contributed by atoms with E-state index in [0.717, 1.165) is 12.8 Å². The van der Waals surface area contributed by atoms with Gasteiger partial charge in [-0.25, -0.2) is 8.42 Å². The zero-order valence-electron chi connectivity index (χ0n) is 11.4. The Labute approximate surface area is 123 Å². The third-order valence-corrected chi connectivity index (χ3v) is 7.41. The second kappa shape index (κ2) is 5.73. The van der Waals surface area contributed by atoms with Crippen LogP contribution in [0.3, 0.4) is 0 Å². The van der Waals surface area contributed by atoms with Crippen molar-refractivity contribution in [3.63, 3.8) is 0 Å². The van der Waals surface area contributed by atoms with Gasteiger partial charge in [0.05, 0.1) is 24.9 Å². The van der Waals surface area contributed by atoms with E-state index in [1.54, 1.807) is 28.9 Å². The van der Waals surface area contributed by atoms with Crippen LogP contribution in [0.25, 0.3) is 0 Å². The predicted molar refractivity (Wildman–Crippen MR) is 76.4 cm³/mol. The van der Waals surface area contributed by atoms with Crippen LogP contribution in [0.5, 0.6) is 0 Å². The topological polar surface area (TPSA) is 55.8 Å². The van der Waals surface area contributed by atoms with Crippen LogP contribution in [-0.4, -0.2) is 51.2 Å². The third-order valence-electron chi connectivity index (χ3n) is 4.11. The Morgan fingerprint density at radius 3 is 3.00 bits per heavy atom. The minimum absolute atomic E-state index is 0.00453. The molecule has 0 N–H and O–H groups in total. The zero-order chi connectivity index (χ0) is 14.2. The number of thiophene rings is 1. The first kappa shape index (κ1) is 14.5. The molecule has 1 aromatic rings. The van der Waals surface area contributed by atoms with E-state index in [1.165, 1.54) is 11.3 Å². The lowest BCUT2D eigenvalue weighted by molar-refractivity contribution is -0.0883. The molecular weight excluding hydrogens is 298 g/mol. The highest BCUT2D eigenvalue weighted by molar-refractivity contribution is 7.91. The highest BCUT2D eigenvalue weighted by Crippen LogP contribution is 2.34. The van der Waals surface area contributed by atoms with Crippen molar-refractivity contribution in [1.29, 1.82) is 0 Å². The van der Waals surface area contributed by atoms with Gasteiger partial charge in [0.25, 0.3) is 10.0 Å². The number of hydrogen-bond donors (Lipinski definition) is 0. The molecule has 7 heteroatoms. The summed E-state index contributed by atoms with van der Waals surface area (Å²) >= 11 is 1.27. The van der Waals surface area contributed by atoms with Crippen LogP contribution in [-0.2, 0) is 19.5 Å². The molecule has 3 rings (SSSR count). The molecule has 1 aliphatic carbocycles. The van der Waals surface area contributed by atoms with Gasteiger partial charge in [-0.2, -0.15) is 4.31 Å². The lowest BCUT2D eigenvalue weighted by atomic mass is 9.89. The Balaban J connectivity index is 1.88. The number of rotatable bonds is 3. The molecule has 0 amide bonds. The summed E-state index contributed by atoms with van der Waals surface area (Å²) in [5, 5.41) is 1.80. The first-order chi connectivity index (χ1) is 9.63. The fourth-order valence-electron chi connectivity index (χ4n) is 3.08. The maximum Gasteiger partial charge on any atom is 0.252 e. The molecule has 1 aromatic heterocycles. The van der Waals surface area contributed by atoms with Gasteiger partial charge in [-0.3, -0.25) is 0 Å². The van der Waals surface area contributed by atoms with Crippen LogP contribution >= 0.6 is 11.3 Å². The van der Waals surface area contributed by atoms with Crippen molar-refractivity contribution in [2.45, 2.75) is 41.7 Å². The number of fused-ring (bicyclic) bond motifs is 1. The van der Waals surface area contributed by atoms with E-state index in [9.17, 15) is 8.42 Å². The highest BCUT2D eigenvalue weighted by Gasteiger charge is 2.43. The number of ether oxygens (including phenoxy) is 2. The predicted octanol–water partition coefficient (Wildman–Crippen LogP) is 1.71. The van der Waals surface area contributed by atoms with Gasteiger partial charge in [0.2, 0.25) is 0 Å². The van der Waals surface area contributed by atoms with Gasteiger partial charge in [-0.1, -0.05) is 6.07 Å². The molecule has 0 spiro atoms. The molecule has 0 radical (unpaired) electrons. The Bertz CT molecular complexity index is 543. The van der Waals surface area contributed by atoms with Gasteiger partial charge in [0.1, 0.15) is 4.21 Å². The van der Waals surface area contributed by atoms with Gasteiger partial charge >= 0.3 is 0 Å². The minimum atomic E-state index is -3.40. The highest BCUT2D eigenvalue weighted by atomic mass is 32.2. The smallest absolute Gasteiger partial charge is 0.252 e. The molecule has 3 atom stereocenters. The van der Waals surface area contributed by atoms with E-state index in [0.29, 0.717) is 23.8 Å². The van der Waals surface area contributed by atoms with Gasteiger partial charge in [-0.05, 0) is 30.7 Å². The number of nitrogens with zero attached hydrogens (tertiary/aromatic N) is 1. The van der Waals surface area contributed by atoms with Gasteiger partial charge in [-0.15, -0.1) is 11.3 Å². The molecule has 2 fully saturated rings. The molecular formula is C13H19NO4S2. The van der Waals surface area contributed by atoms with E-state index in [1.807, 2.05) is 0 Å². The summed E-state index contributed by atoms with van der Waals surface area (Å²) in [6, 6.07) is 3.34. The van der Waals surface area contributed by atoms with Gasteiger partial charge in [0, 0.05) is 13.7 Å². The lowest BCUT2D eigenvalue weighted by Gasteiger charge is -2.44. The van der Waals surface area contributed by atoms with Crippen LogP contribution in [0.1, 0.15) is 19.3 Å². The summed E-state index contributed by atoms with van der Waals surface area (Å²) in [4.78, 5) is 0. The number of methoxy groups -OCH3 is 1.